The molecule has 9 nitrogen and oxygen atoms in total. The number of H-pyrrole nitrogens is 1. The van der Waals surface area contributed by atoms with Crippen LogP contribution in [-0.4, -0.2) is 67.8 Å². The number of fused-ring (bicyclic) bond motifs is 1. The SMILES string of the molecule is CCOc1ccc2[nH]c(=O)c(C(c3nnnn3C3CCCC3)N3CCN(Cc4ccccc4)CC3)cc2c1. The van der Waals surface area contributed by atoms with Gasteiger partial charge in [0.1, 0.15) is 11.8 Å². The van der Waals surface area contributed by atoms with Crippen molar-refractivity contribution in [1.29, 1.82) is 0 Å². The Hall–Kier alpha value is -3.56. The van der Waals surface area contributed by atoms with Gasteiger partial charge in [-0.15, -0.1) is 5.10 Å². The summed E-state index contributed by atoms with van der Waals surface area (Å²) >= 11 is 0. The molecule has 9 heteroatoms. The lowest BCUT2D eigenvalue weighted by atomic mass is 10.0. The molecule has 198 valence electrons. The van der Waals surface area contributed by atoms with Gasteiger partial charge in [-0.2, -0.15) is 0 Å². The van der Waals surface area contributed by atoms with E-state index in [1.807, 2.05) is 35.9 Å². The first kappa shape index (κ1) is 24.8. The molecule has 4 aromatic rings. The van der Waals surface area contributed by atoms with Crippen molar-refractivity contribution in [2.24, 2.45) is 0 Å². The lowest BCUT2D eigenvalue weighted by Crippen LogP contribution is -2.48. The molecule has 1 N–H and O–H groups in total. The van der Waals surface area contributed by atoms with E-state index in [4.69, 9.17) is 4.74 Å². The largest absolute Gasteiger partial charge is 0.494 e. The molecule has 2 aliphatic rings. The molecule has 2 aromatic carbocycles. The average Bonchev–Trinajstić information content (AvgIpc) is 3.64. The molecule has 3 heterocycles. The minimum Gasteiger partial charge on any atom is -0.494 e. The molecular formula is C29H35N7O2. The maximum Gasteiger partial charge on any atom is 0.253 e. The van der Waals surface area contributed by atoms with E-state index in [1.54, 1.807) is 0 Å². The fraction of sp³-hybridized carbons (Fsp3) is 0.448. The van der Waals surface area contributed by atoms with Crippen LogP contribution >= 0.6 is 0 Å². The van der Waals surface area contributed by atoms with Crippen molar-refractivity contribution in [3.8, 4) is 5.75 Å². The third kappa shape index (κ3) is 5.08. The number of piperazine rings is 1. The first-order chi connectivity index (χ1) is 18.7. The summed E-state index contributed by atoms with van der Waals surface area (Å²) in [6.45, 7) is 6.96. The Labute approximate surface area is 222 Å². The molecule has 2 aromatic heterocycles. The van der Waals surface area contributed by atoms with E-state index in [-0.39, 0.29) is 17.6 Å². The van der Waals surface area contributed by atoms with Gasteiger partial charge in [0.15, 0.2) is 5.82 Å². The first-order valence-corrected chi connectivity index (χ1v) is 13.8. The predicted octanol–water partition coefficient (Wildman–Crippen LogP) is 3.94. The fourth-order valence-electron chi connectivity index (χ4n) is 5.97. The van der Waals surface area contributed by atoms with Crippen LogP contribution in [0.1, 0.15) is 61.6 Å². The number of benzene rings is 2. The van der Waals surface area contributed by atoms with Crippen LogP contribution in [0, 0.1) is 0 Å². The predicted molar refractivity (Wildman–Crippen MR) is 146 cm³/mol. The zero-order valence-electron chi connectivity index (χ0n) is 21.9. The number of nitrogens with zero attached hydrogens (tertiary/aromatic N) is 6. The van der Waals surface area contributed by atoms with Crippen LogP contribution < -0.4 is 10.3 Å². The van der Waals surface area contributed by atoms with Crippen LogP contribution in [0.25, 0.3) is 10.9 Å². The molecule has 0 spiro atoms. The van der Waals surface area contributed by atoms with Gasteiger partial charge in [0.2, 0.25) is 0 Å². The molecule has 6 rings (SSSR count). The lowest BCUT2D eigenvalue weighted by molar-refractivity contribution is 0.0989. The highest BCUT2D eigenvalue weighted by molar-refractivity contribution is 5.80. The molecule has 0 radical (unpaired) electrons. The third-order valence-electron chi connectivity index (χ3n) is 7.90. The summed E-state index contributed by atoms with van der Waals surface area (Å²) in [5.41, 5.74) is 2.69. The molecule has 1 unspecified atom stereocenters. The summed E-state index contributed by atoms with van der Waals surface area (Å²) in [7, 11) is 0. The number of tetrazole rings is 1. The van der Waals surface area contributed by atoms with E-state index in [9.17, 15) is 4.79 Å². The Morgan fingerprint density at radius 2 is 1.82 bits per heavy atom. The number of aromatic nitrogens is 5. The Morgan fingerprint density at radius 1 is 1.03 bits per heavy atom. The highest BCUT2D eigenvalue weighted by Crippen LogP contribution is 2.34. The van der Waals surface area contributed by atoms with Gasteiger partial charge < -0.3 is 9.72 Å². The summed E-state index contributed by atoms with van der Waals surface area (Å²) in [6.07, 6.45) is 4.51. The van der Waals surface area contributed by atoms with Crippen molar-refractivity contribution >= 4 is 10.9 Å². The van der Waals surface area contributed by atoms with Gasteiger partial charge in [-0.25, -0.2) is 4.68 Å². The van der Waals surface area contributed by atoms with Crippen molar-refractivity contribution in [2.45, 2.75) is 51.2 Å². The molecule has 1 aliphatic carbocycles. The van der Waals surface area contributed by atoms with Gasteiger partial charge in [-0.05, 0) is 60.0 Å². The number of rotatable bonds is 8. The molecule has 0 amide bonds. The normalized spacial score (nSPS) is 18.2. The van der Waals surface area contributed by atoms with Crippen molar-refractivity contribution < 1.29 is 4.74 Å². The third-order valence-corrected chi connectivity index (χ3v) is 7.90. The quantitative estimate of drug-likeness (QED) is 0.382. The molecule has 1 saturated heterocycles. The molecular weight excluding hydrogens is 478 g/mol. The smallest absolute Gasteiger partial charge is 0.253 e. The highest BCUT2D eigenvalue weighted by Gasteiger charge is 2.34. The molecule has 2 fully saturated rings. The second kappa shape index (κ2) is 11.0. The minimum absolute atomic E-state index is 0.0978. The van der Waals surface area contributed by atoms with Crippen molar-refractivity contribution in [3.05, 3.63) is 81.9 Å². The highest BCUT2D eigenvalue weighted by atomic mass is 16.5. The van der Waals surface area contributed by atoms with Gasteiger partial charge in [0, 0.05) is 49.2 Å². The van der Waals surface area contributed by atoms with E-state index in [2.05, 4.69) is 60.6 Å². The fourth-order valence-corrected chi connectivity index (χ4v) is 5.97. The van der Waals surface area contributed by atoms with Gasteiger partial charge in [0.25, 0.3) is 5.56 Å². The van der Waals surface area contributed by atoms with Crippen molar-refractivity contribution in [1.82, 2.24) is 35.0 Å². The van der Waals surface area contributed by atoms with Gasteiger partial charge in [-0.3, -0.25) is 14.6 Å². The molecule has 1 atom stereocenters. The number of ether oxygens (including phenoxy) is 1. The van der Waals surface area contributed by atoms with E-state index in [0.717, 1.165) is 68.0 Å². The Bertz CT molecular complexity index is 1420. The number of aromatic amines is 1. The maximum atomic E-state index is 13.6. The molecule has 1 aliphatic heterocycles. The summed E-state index contributed by atoms with van der Waals surface area (Å²) in [5.74, 6) is 1.55. The molecule has 1 saturated carbocycles. The summed E-state index contributed by atoms with van der Waals surface area (Å²) < 4.78 is 7.73. The van der Waals surface area contributed by atoms with Crippen LogP contribution in [0.3, 0.4) is 0 Å². The second-order valence-corrected chi connectivity index (χ2v) is 10.4. The number of hydrogen-bond donors (Lipinski definition) is 1. The van der Waals surface area contributed by atoms with Crippen LogP contribution in [0.15, 0.2) is 59.4 Å². The minimum atomic E-state index is -0.326. The summed E-state index contributed by atoms with van der Waals surface area (Å²) in [4.78, 5) is 21.5. The Kier molecular flexibility index (Phi) is 7.20. The molecule has 0 bridgehead atoms. The van der Waals surface area contributed by atoms with Gasteiger partial charge >= 0.3 is 0 Å². The van der Waals surface area contributed by atoms with Crippen molar-refractivity contribution in [3.63, 3.8) is 0 Å². The zero-order chi connectivity index (χ0) is 25.9. The van der Waals surface area contributed by atoms with E-state index < -0.39 is 0 Å². The van der Waals surface area contributed by atoms with E-state index in [1.165, 1.54) is 18.4 Å². The summed E-state index contributed by atoms with van der Waals surface area (Å²) in [6, 6.07) is 18.3. The topological polar surface area (TPSA) is 92.2 Å². The van der Waals surface area contributed by atoms with E-state index in [0.29, 0.717) is 12.2 Å². The molecule has 38 heavy (non-hydrogen) atoms. The number of nitrogens with one attached hydrogen (secondary N) is 1. The Balaban J connectivity index is 1.35. The number of hydrogen-bond acceptors (Lipinski definition) is 7. The number of pyridine rings is 1. The van der Waals surface area contributed by atoms with Crippen LogP contribution in [0.2, 0.25) is 0 Å². The van der Waals surface area contributed by atoms with Crippen molar-refractivity contribution in [2.75, 3.05) is 32.8 Å². The van der Waals surface area contributed by atoms with Crippen LogP contribution in [0.4, 0.5) is 0 Å². The lowest BCUT2D eigenvalue weighted by Gasteiger charge is -2.39. The summed E-state index contributed by atoms with van der Waals surface area (Å²) in [5, 5.41) is 14.0. The standard InChI is InChI=1S/C29H35N7O2/c1-2-38-24-12-13-26-22(18-24)19-25(29(37)30-26)27(28-31-32-33-36(28)23-10-6-7-11-23)35-16-14-34(15-17-35)20-21-8-4-3-5-9-21/h3-5,8-9,12-13,18-19,23,27H,2,6-7,10-11,14-17,20H2,1H3,(H,30,37). The average molecular weight is 514 g/mol. The Morgan fingerprint density at radius 3 is 2.58 bits per heavy atom. The van der Waals surface area contributed by atoms with Crippen LogP contribution in [0.5, 0.6) is 5.75 Å². The monoisotopic (exact) mass is 513 g/mol. The van der Waals surface area contributed by atoms with E-state index >= 15 is 0 Å². The maximum absolute atomic E-state index is 13.6. The van der Waals surface area contributed by atoms with Crippen LogP contribution in [-0.2, 0) is 6.54 Å². The van der Waals surface area contributed by atoms with Gasteiger partial charge in [-0.1, -0.05) is 43.2 Å². The van der Waals surface area contributed by atoms with Gasteiger partial charge in [0.05, 0.1) is 12.6 Å². The second-order valence-electron chi connectivity index (χ2n) is 10.4. The zero-order valence-corrected chi connectivity index (χ0v) is 21.9. The first-order valence-electron chi connectivity index (χ1n) is 13.8.